The normalized spacial score (nSPS) is 11.7. The molecule has 0 aliphatic carbocycles. The van der Waals surface area contributed by atoms with Crippen LogP contribution in [0.2, 0.25) is 0 Å². The molecule has 0 saturated heterocycles. The molecule has 0 radical (unpaired) electrons. The highest BCUT2D eigenvalue weighted by molar-refractivity contribution is 6.22. The lowest BCUT2D eigenvalue weighted by Gasteiger charge is -2.18. The van der Waals surface area contributed by atoms with Crippen LogP contribution >= 0.6 is 0 Å². The molecule has 2 aromatic heterocycles. The topological polar surface area (TPSA) is 38.9 Å². The second-order valence-corrected chi connectivity index (χ2v) is 11.0. The number of fused-ring (bicyclic) bond motifs is 6. The second-order valence-electron chi connectivity index (χ2n) is 11.0. The first-order chi connectivity index (χ1) is 21.3. The minimum atomic E-state index is 0.565. The van der Waals surface area contributed by atoms with E-state index in [0.717, 1.165) is 33.1 Å². The highest BCUT2D eigenvalue weighted by atomic mass is 16.3. The van der Waals surface area contributed by atoms with Crippen molar-refractivity contribution in [3.8, 4) is 33.4 Å². The van der Waals surface area contributed by atoms with Gasteiger partial charge in [-0.1, -0.05) is 121 Å². The van der Waals surface area contributed by atoms with Gasteiger partial charge in [-0.3, -0.25) is 0 Å². The Balaban J connectivity index is 1.29. The third-order valence-electron chi connectivity index (χ3n) is 8.48. The summed E-state index contributed by atoms with van der Waals surface area (Å²) in [5.41, 5.74) is 11.1. The van der Waals surface area contributed by atoms with Crippen molar-refractivity contribution < 1.29 is 4.42 Å². The number of hydrogen-bond donors (Lipinski definition) is 0. The first-order valence-corrected chi connectivity index (χ1v) is 14.5. The minimum Gasteiger partial charge on any atom is -0.436 e. The maximum Gasteiger partial charge on any atom is 0.246 e. The number of hydrogen-bond acceptors (Lipinski definition) is 3. The van der Waals surface area contributed by atoms with Gasteiger partial charge in [0.25, 0.3) is 0 Å². The summed E-state index contributed by atoms with van der Waals surface area (Å²) in [6.45, 7) is 0. The molecule has 0 saturated carbocycles. The summed E-state index contributed by atoms with van der Waals surface area (Å²) in [4.78, 5) is 9.71. The molecule has 2 heterocycles. The fraction of sp³-hybridized carbons (Fsp3) is 0. The number of aromatic nitrogens is 2. The van der Waals surface area contributed by atoms with Crippen molar-refractivity contribution in [1.82, 2.24) is 9.97 Å². The van der Waals surface area contributed by atoms with Crippen molar-refractivity contribution in [2.24, 2.45) is 0 Å². The van der Waals surface area contributed by atoms with Crippen LogP contribution in [0.3, 0.4) is 0 Å². The van der Waals surface area contributed by atoms with Gasteiger partial charge in [0.1, 0.15) is 11.1 Å². The highest BCUT2D eigenvalue weighted by Crippen LogP contribution is 2.44. The van der Waals surface area contributed by atoms with Crippen LogP contribution in [0.5, 0.6) is 0 Å². The lowest BCUT2D eigenvalue weighted by atomic mass is 9.85. The molecule has 7 aromatic carbocycles. The Morgan fingerprint density at radius 1 is 0.372 bits per heavy atom. The third-order valence-corrected chi connectivity index (χ3v) is 8.48. The Kier molecular flexibility index (Phi) is 5.20. The van der Waals surface area contributed by atoms with Crippen LogP contribution in [-0.4, -0.2) is 9.97 Å². The van der Waals surface area contributed by atoms with E-state index in [1.165, 1.54) is 49.4 Å². The molecule has 43 heavy (non-hydrogen) atoms. The highest BCUT2D eigenvalue weighted by Gasteiger charge is 2.18. The zero-order chi connectivity index (χ0) is 28.3. The van der Waals surface area contributed by atoms with Gasteiger partial charge in [-0.25, -0.2) is 9.97 Å². The first kappa shape index (κ1) is 23.9. The second kappa shape index (κ2) is 9.37. The van der Waals surface area contributed by atoms with E-state index < -0.39 is 0 Å². The van der Waals surface area contributed by atoms with E-state index in [0.29, 0.717) is 5.71 Å². The zero-order valence-electron chi connectivity index (χ0n) is 23.2. The molecule has 0 amide bonds. The Hall–Kier alpha value is -5.80. The van der Waals surface area contributed by atoms with Crippen molar-refractivity contribution in [3.63, 3.8) is 0 Å². The number of rotatable bonds is 3. The lowest BCUT2D eigenvalue weighted by Crippen LogP contribution is -1.91. The van der Waals surface area contributed by atoms with Gasteiger partial charge in [0.15, 0.2) is 0 Å². The SMILES string of the molecule is c1ccc(-c2ccc(-c3c4ccccc4c(-c4ccc5oc6nc7ccccc7nc6c5c4)c4ccccc34)cc2)cc1. The maximum absolute atomic E-state index is 6.17. The van der Waals surface area contributed by atoms with Gasteiger partial charge in [0.05, 0.1) is 11.0 Å². The molecule has 200 valence electrons. The fourth-order valence-electron chi connectivity index (χ4n) is 6.50. The predicted molar refractivity (Wildman–Crippen MR) is 178 cm³/mol. The summed E-state index contributed by atoms with van der Waals surface area (Å²) in [5.74, 6) is 0. The van der Waals surface area contributed by atoms with Gasteiger partial charge in [-0.2, -0.15) is 0 Å². The smallest absolute Gasteiger partial charge is 0.246 e. The Morgan fingerprint density at radius 2 is 0.860 bits per heavy atom. The molecule has 9 rings (SSSR count). The summed E-state index contributed by atoms with van der Waals surface area (Å²) in [6, 6.07) is 51.4. The molecule has 3 heteroatoms. The maximum atomic E-state index is 6.17. The fourth-order valence-corrected chi connectivity index (χ4v) is 6.50. The monoisotopic (exact) mass is 548 g/mol. The van der Waals surface area contributed by atoms with Gasteiger partial charge in [0.2, 0.25) is 5.71 Å². The van der Waals surface area contributed by atoms with Crippen LogP contribution in [0.1, 0.15) is 0 Å². The molecule has 9 aromatic rings. The molecule has 0 unspecified atom stereocenters. The predicted octanol–water partition coefficient (Wildman–Crippen LogP) is 10.8. The van der Waals surface area contributed by atoms with Gasteiger partial charge in [0, 0.05) is 5.39 Å². The zero-order valence-corrected chi connectivity index (χ0v) is 23.2. The van der Waals surface area contributed by atoms with Gasteiger partial charge < -0.3 is 4.42 Å². The molecule has 0 atom stereocenters. The van der Waals surface area contributed by atoms with Crippen LogP contribution in [0.15, 0.2) is 150 Å². The van der Waals surface area contributed by atoms with Crippen LogP contribution < -0.4 is 0 Å². The summed E-state index contributed by atoms with van der Waals surface area (Å²) in [5, 5.41) is 5.86. The summed E-state index contributed by atoms with van der Waals surface area (Å²) < 4.78 is 6.17. The van der Waals surface area contributed by atoms with Crippen LogP contribution in [0.4, 0.5) is 0 Å². The molecule has 0 aliphatic rings. The van der Waals surface area contributed by atoms with E-state index in [9.17, 15) is 0 Å². The minimum absolute atomic E-state index is 0.565. The van der Waals surface area contributed by atoms with Gasteiger partial charge >= 0.3 is 0 Å². The molecular weight excluding hydrogens is 524 g/mol. The number of benzene rings is 7. The van der Waals surface area contributed by atoms with Crippen molar-refractivity contribution in [2.45, 2.75) is 0 Å². The van der Waals surface area contributed by atoms with E-state index in [1.54, 1.807) is 0 Å². The van der Waals surface area contributed by atoms with Crippen LogP contribution in [-0.2, 0) is 0 Å². The molecule has 0 fully saturated rings. The van der Waals surface area contributed by atoms with Crippen molar-refractivity contribution in [2.75, 3.05) is 0 Å². The largest absolute Gasteiger partial charge is 0.436 e. The van der Waals surface area contributed by atoms with Gasteiger partial charge in [-0.05, 0) is 79.2 Å². The average Bonchev–Trinajstić information content (AvgIpc) is 3.43. The van der Waals surface area contributed by atoms with Crippen LogP contribution in [0, 0.1) is 0 Å². The molecule has 0 aliphatic heterocycles. The van der Waals surface area contributed by atoms with Crippen molar-refractivity contribution >= 4 is 54.8 Å². The van der Waals surface area contributed by atoms with Gasteiger partial charge in [-0.15, -0.1) is 0 Å². The van der Waals surface area contributed by atoms with E-state index in [4.69, 9.17) is 14.4 Å². The van der Waals surface area contributed by atoms with E-state index >= 15 is 0 Å². The van der Waals surface area contributed by atoms with Crippen molar-refractivity contribution in [3.05, 3.63) is 146 Å². The molecule has 0 N–H and O–H groups in total. The molecular formula is C40H24N2O. The Morgan fingerprint density at radius 3 is 1.51 bits per heavy atom. The Bertz CT molecular complexity index is 2440. The third kappa shape index (κ3) is 3.75. The van der Waals surface area contributed by atoms with Crippen LogP contribution in [0.25, 0.3) is 88.2 Å². The van der Waals surface area contributed by atoms with Crippen molar-refractivity contribution in [1.29, 1.82) is 0 Å². The number of furan rings is 1. The summed E-state index contributed by atoms with van der Waals surface area (Å²) in [6.07, 6.45) is 0. The van der Waals surface area contributed by atoms with E-state index in [-0.39, 0.29) is 0 Å². The summed E-state index contributed by atoms with van der Waals surface area (Å²) in [7, 11) is 0. The number of para-hydroxylation sites is 2. The average molecular weight is 549 g/mol. The molecule has 0 bridgehead atoms. The lowest BCUT2D eigenvalue weighted by molar-refractivity contribution is 0.655. The number of nitrogens with zero attached hydrogens (tertiary/aromatic N) is 2. The van der Waals surface area contributed by atoms with E-state index in [2.05, 4.69) is 121 Å². The van der Waals surface area contributed by atoms with E-state index in [1.807, 2.05) is 24.3 Å². The standard InChI is InChI=1S/C40H24N2O/c1-2-10-25(11-3-1)26-18-20-27(21-19-26)37-29-12-4-6-14-31(29)38(32-15-7-5-13-30(32)37)28-22-23-36-33(24-28)39-40(43-36)42-35-17-9-8-16-34(35)41-39/h1-24H. The Labute approximate surface area is 247 Å². The molecule has 3 nitrogen and oxygen atoms in total. The molecule has 0 spiro atoms. The quantitative estimate of drug-likeness (QED) is 0.206. The first-order valence-electron chi connectivity index (χ1n) is 14.5. The summed E-state index contributed by atoms with van der Waals surface area (Å²) >= 11 is 0.